The number of methoxy groups -OCH3 is 1. The Morgan fingerprint density at radius 1 is 1.47 bits per heavy atom. The van der Waals surface area contributed by atoms with E-state index in [0.29, 0.717) is 0 Å². The SMILES string of the molecule is COC(=O)CN(C)S(=O)(=O)c1cc(C)sc1C. The van der Waals surface area contributed by atoms with E-state index in [2.05, 4.69) is 4.74 Å². The van der Waals surface area contributed by atoms with Crippen molar-refractivity contribution in [3.8, 4) is 0 Å². The molecule has 0 aliphatic rings. The molecule has 17 heavy (non-hydrogen) atoms. The van der Waals surface area contributed by atoms with Crippen molar-refractivity contribution < 1.29 is 17.9 Å². The molecule has 0 fully saturated rings. The number of thiophene rings is 1. The second-order valence-electron chi connectivity index (χ2n) is 3.61. The van der Waals surface area contributed by atoms with E-state index in [-0.39, 0.29) is 11.4 Å². The van der Waals surface area contributed by atoms with Crippen LogP contribution in [0.3, 0.4) is 0 Å². The Hall–Kier alpha value is -0.920. The summed E-state index contributed by atoms with van der Waals surface area (Å²) in [5, 5.41) is 0. The molecule has 1 aromatic rings. The zero-order chi connectivity index (χ0) is 13.2. The first-order valence-electron chi connectivity index (χ1n) is 4.89. The Morgan fingerprint density at radius 3 is 2.47 bits per heavy atom. The van der Waals surface area contributed by atoms with Crippen LogP contribution in [-0.4, -0.2) is 39.4 Å². The average Bonchev–Trinajstić information content (AvgIpc) is 2.58. The van der Waals surface area contributed by atoms with Gasteiger partial charge in [0.15, 0.2) is 0 Å². The van der Waals surface area contributed by atoms with Crippen molar-refractivity contribution in [2.24, 2.45) is 0 Å². The summed E-state index contributed by atoms with van der Waals surface area (Å²) in [6.45, 7) is 3.31. The quantitative estimate of drug-likeness (QED) is 0.775. The molecule has 1 aromatic heterocycles. The standard InChI is InChI=1S/C10H15NO4S2/c1-7-5-9(8(2)16-7)17(13,14)11(3)6-10(12)15-4/h5H,6H2,1-4H3. The molecule has 7 heteroatoms. The van der Waals surface area contributed by atoms with E-state index < -0.39 is 16.0 Å². The maximum absolute atomic E-state index is 12.1. The summed E-state index contributed by atoms with van der Waals surface area (Å²) in [5.74, 6) is -0.583. The molecule has 0 unspecified atom stereocenters. The van der Waals surface area contributed by atoms with Crippen LogP contribution in [0.4, 0.5) is 0 Å². The third kappa shape index (κ3) is 3.05. The topological polar surface area (TPSA) is 63.7 Å². The van der Waals surface area contributed by atoms with Crippen LogP contribution >= 0.6 is 11.3 Å². The third-order valence-electron chi connectivity index (χ3n) is 2.26. The lowest BCUT2D eigenvalue weighted by molar-refractivity contribution is -0.140. The smallest absolute Gasteiger partial charge is 0.321 e. The van der Waals surface area contributed by atoms with Gasteiger partial charge in [0.05, 0.1) is 12.0 Å². The fourth-order valence-electron chi connectivity index (χ4n) is 1.36. The molecule has 0 atom stereocenters. The number of carbonyl (C=O) groups excluding carboxylic acids is 1. The van der Waals surface area contributed by atoms with E-state index in [9.17, 15) is 13.2 Å². The van der Waals surface area contributed by atoms with Crippen molar-refractivity contribution in [1.82, 2.24) is 4.31 Å². The van der Waals surface area contributed by atoms with Crippen LogP contribution in [0.2, 0.25) is 0 Å². The zero-order valence-corrected chi connectivity index (χ0v) is 11.8. The molecule has 0 amide bonds. The van der Waals surface area contributed by atoms with Gasteiger partial charge in [-0.15, -0.1) is 11.3 Å². The van der Waals surface area contributed by atoms with E-state index in [1.165, 1.54) is 25.5 Å². The molecule has 0 aliphatic heterocycles. The normalized spacial score (nSPS) is 11.8. The highest BCUT2D eigenvalue weighted by atomic mass is 32.2. The van der Waals surface area contributed by atoms with E-state index in [1.54, 1.807) is 13.0 Å². The molecule has 0 N–H and O–H groups in total. The van der Waals surface area contributed by atoms with Crippen molar-refractivity contribution in [3.05, 3.63) is 15.8 Å². The van der Waals surface area contributed by atoms with Gasteiger partial charge < -0.3 is 4.74 Å². The molecular formula is C10H15NO4S2. The molecule has 0 aromatic carbocycles. The summed E-state index contributed by atoms with van der Waals surface area (Å²) < 4.78 is 29.7. The lowest BCUT2D eigenvalue weighted by Gasteiger charge is -2.15. The highest BCUT2D eigenvalue weighted by molar-refractivity contribution is 7.89. The van der Waals surface area contributed by atoms with E-state index in [1.807, 2.05) is 6.92 Å². The van der Waals surface area contributed by atoms with Gasteiger partial charge in [0, 0.05) is 16.8 Å². The van der Waals surface area contributed by atoms with Gasteiger partial charge in [-0.3, -0.25) is 4.79 Å². The first-order chi connectivity index (χ1) is 7.78. The van der Waals surface area contributed by atoms with E-state index in [0.717, 1.165) is 14.1 Å². The largest absolute Gasteiger partial charge is 0.468 e. The molecule has 1 heterocycles. The maximum Gasteiger partial charge on any atom is 0.321 e. The summed E-state index contributed by atoms with van der Waals surface area (Å²) in [6, 6.07) is 1.61. The molecule has 5 nitrogen and oxygen atoms in total. The van der Waals surface area contributed by atoms with Crippen LogP contribution in [0.25, 0.3) is 0 Å². The number of hydrogen-bond acceptors (Lipinski definition) is 5. The molecule has 0 saturated heterocycles. The monoisotopic (exact) mass is 277 g/mol. The predicted octanol–water partition coefficient (Wildman–Crippen LogP) is 1.16. The number of likely N-dealkylation sites (N-methyl/N-ethyl adjacent to an activating group) is 1. The first kappa shape index (κ1) is 14.1. The lowest BCUT2D eigenvalue weighted by Crippen LogP contribution is -2.32. The fraction of sp³-hybridized carbons (Fsp3) is 0.500. The number of ether oxygens (including phenoxy) is 1. The molecule has 0 radical (unpaired) electrons. The van der Waals surface area contributed by atoms with Gasteiger partial charge in [-0.2, -0.15) is 4.31 Å². The minimum Gasteiger partial charge on any atom is -0.468 e. The Labute approximate surface area is 105 Å². The second-order valence-corrected chi connectivity index (χ2v) is 7.09. The summed E-state index contributed by atoms with van der Waals surface area (Å²) in [7, 11) is -1.03. The van der Waals surface area contributed by atoms with Gasteiger partial charge in [-0.05, 0) is 19.9 Å². The number of aryl methyl sites for hydroxylation is 2. The number of rotatable bonds is 4. The van der Waals surface area contributed by atoms with Crippen LogP contribution in [-0.2, 0) is 19.6 Å². The van der Waals surface area contributed by atoms with Crippen molar-refractivity contribution >= 4 is 27.3 Å². The molecule has 0 aliphatic carbocycles. The Kier molecular flexibility index (Phi) is 4.29. The minimum absolute atomic E-state index is 0.256. The number of carbonyl (C=O) groups is 1. The van der Waals surface area contributed by atoms with Crippen molar-refractivity contribution in [1.29, 1.82) is 0 Å². The number of esters is 1. The summed E-state index contributed by atoms with van der Waals surface area (Å²) in [4.78, 5) is 13.0. The fourth-order valence-corrected chi connectivity index (χ4v) is 4.00. The highest BCUT2D eigenvalue weighted by Crippen LogP contribution is 2.26. The number of nitrogens with zero attached hydrogens (tertiary/aromatic N) is 1. The van der Waals surface area contributed by atoms with Crippen LogP contribution in [0, 0.1) is 13.8 Å². The molecular weight excluding hydrogens is 262 g/mol. The predicted molar refractivity (Wildman–Crippen MR) is 65.6 cm³/mol. The maximum atomic E-state index is 12.1. The van der Waals surface area contributed by atoms with Crippen LogP contribution in [0.15, 0.2) is 11.0 Å². The summed E-state index contributed by atoms with van der Waals surface area (Å²) in [5.41, 5.74) is 0. The zero-order valence-electron chi connectivity index (χ0n) is 10.2. The van der Waals surface area contributed by atoms with Crippen molar-refractivity contribution in [2.75, 3.05) is 20.7 Å². The van der Waals surface area contributed by atoms with Crippen molar-refractivity contribution in [2.45, 2.75) is 18.7 Å². The third-order valence-corrected chi connectivity index (χ3v) is 5.29. The Morgan fingerprint density at radius 2 is 2.06 bits per heavy atom. The van der Waals surface area contributed by atoms with Gasteiger partial charge >= 0.3 is 5.97 Å². The molecule has 0 saturated carbocycles. The van der Waals surface area contributed by atoms with Crippen molar-refractivity contribution in [3.63, 3.8) is 0 Å². The van der Waals surface area contributed by atoms with Crippen LogP contribution in [0.1, 0.15) is 9.75 Å². The highest BCUT2D eigenvalue weighted by Gasteiger charge is 2.26. The molecule has 0 bridgehead atoms. The number of hydrogen-bond donors (Lipinski definition) is 0. The Balaban J connectivity index is 3.03. The van der Waals surface area contributed by atoms with E-state index >= 15 is 0 Å². The van der Waals surface area contributed by atoms with Gasteiger partial charge in [0.25, 0.3) is 0 Å². The van der Waals surface area contributed by atoms with E-state index in [4.69, 9.17) is 0 Å². The number of sulfonamides is 1. The second kappa shape index (κ2) is 5.16. The summed E-state index contributed by atoms with van der Waals surface area (Å²) in [6.07, 6.45) is 0. The van der Waals surface area contributed by atoms with Gasteiger partial charge in [-0.1, -0.05) is 0 Å². The lowest BCUT2D eigenvalue weighted by atomic mass is 10.4. The first-order valence-corrected chi connectivity index (χ1v) is 7.15. The Bertz CT molecular complexity index is 518. The summed E-state index contributed by atoms with van der Waals surface area (Å²) >= 11 is 1.42. The van der Waals surface area contributed by atoms with Crippen LogP contribution in [0.5, 0.6) is 0 Å². The minimum atomic E-state index is -3.61. The molecule has 96 valence electrons. The average molecular weight is 277 g/mol. The van der Waals surface area contributed by atoms with Gasteiger partial charge in [0.2, 0.25) is 10.0 Å². The van der Waals surface area contributed by atoms with Crippen LogP contribution < -0.4 is 0 Å². The van der Waals surface area contributed by atoms with Gasteiger partial charge in [0.1, 0.15) is 6.54 Å². The molecule has 1 rings (SSSR count). The molecule has 0 spiro atoms. The van der Waals surface area contributed by atoms with Gasteiger partial charge in [-0.25, -0.2) is 8.42 Å².